The van der Waals surface area contributed by atoms with E-state index in [2.05, 4.69) is 0 Å². The minimum Gasteiger partial charge on any atom is -0.454 e. The van der Waals surface area contributed by atoms with Crippen LogP contribution in [0.1, 0.15) is 23.6 Å². The Kier molecular flexibility index (Phi) is 9.58. The number of alkyl halides is 1. The van der Waals surface area contributed by atoms with Crippen LogP contribution < -0.4 is 0 Å². The normalized spacial score (nSPS) is 23.8. The first-order chi connectivity index (χ1) is 17.6. The number of ether oxygens (including phenoxy) is 5. The second-order valence-corrected chi connectivity index (χ2v) is 8.62. The number of benzene rings is 3. The fraction of sp³-hybridized carbons (Fsp3) is 0.345. The predicted molar refractivity (Wildman–Crippen MR) is 131 cm³/mol. The average molecular weight is 495 g/mol. The zero-order valence-electron chi connectivity index (χ0n) is 20.2. The van der Waals surface area contributed by atoms with E-state index in [4.69, 9.17) is 23.7 Å². The third kappa shape index (κ3) is 7.45. The van der Waals surface area contributed by atoms with Gasteiger partial charge in [0.15, 0.2) is 6.10 Å². The van der Waals surface area contributed by atoms with Gasteiger partial charge in [0.2, 0.25) is 6.36 Å². The molecule has 0 bridgehead atoms. The van der Waals surface area contributed by atoms with Crippen LogP contribution in [0, 0.1) is 0 Å². The van der Waals surface area contributed by atoms with E-state index in [0.717, 1.165) is 16.7 Å². The Bertz CT molecular complexity index is 1050. The molecule has 0 saturated carbocycles. The number of rotatable bonds is 11. The zero-order valence-corrected chi connectivity index (χ0v) is 20.2. The van der Waals surface area contributed by atoms with Crippen LogP contribution in [0.4, 0.5) is 4.39 Å². The molecule has 190 valence electrons. The monoisotopic (exact) mass is 494 g/mol. The summed E-state index contributed by atoms with van der Waals surface area (Å²) in [6.07, 6.45) is -5.61. The van der Waals surface area contributed by atoms with Gasteiger partial charge in [0.25, 0.3) is 0 Å². The Morgan fingerprint density at radius 3 is 1.69 bits per heavy atom. The molecular formula is C29H31FO6. The summed E-state index contributed by atoms with van der Waals surface area (Å²) in [5, 5.41) is 0. The summed E-state index contributed by atoms with van der Waals surface area (Å²) in [6.45, 7) is 2.09. The molecule has 7 heteroatoms. The maximum absolute atomic E-state index is 15.2. The van der Waals surface area contributed by atoms with Gasteiger partial charge in [-0.1, -0.05) is 91.0 Å². The molecule has 0 amide bonds. The van der Waals surface area contributed by atoms with Crippen molar-refractivity contribution >= 4 is 5.97 Å². The molecule has 1 fully saturated rings. The highest BCUT2D eigenvalue weighted by atomic mass is 19.1. The maximum atomic E-state index is 15.2. The lowest BCUT2D eigenvalue weighted by atomic mass is 9.98. The van der Waals surface area contributed by atoms with Gasteiger partial charge < -0.3 is 23.7 Å². The molecule has 0 aromatic heterocycles. The molecule has 36 heavy (non-hydrogen) atoms. The molecule has 3 aromatic carbocycles. The molecular weight excluding hydrogens is 463 g/mol. The van der Waals surface area contributed by atoms with E-state index in [1.54, 1.807) is 0 Å². The number of halogens is 1. The number of carbonyl (C=O) groups is 1. The van der Waals surface area contributed by atoms with E-state index >= 15 is 4.39 Å². The summed E-state index contributed by atoms with van der Waals surface area (Å²) in [4.78, 5) is 11.8. The molecule has 1 aliphatic rings. The smallest absolute Gasteiger partial charge is 0.303 e. The van der Waals surface area contributed by atoms with Gasteiger partial charge in [-0.25, -0.2) is 4.39 Å². The van der Waals surface area contributed by atoms with E-state index in [1.807, 2.05) is 91.0 Å². The van der Waals surface area contributed by atoms with Crippen LogP contribution in [0.15, 0.2) is 91.0 Å². The number of hydrogen-bond donors (Lipinski definition) is 0. The van der Waals surface area contributed by atoms with Crippen molar-refractivity contribution in [2.75, 3.05) is 6.61 Å². The first kappa shape index (κ1) is 26.0. The Balaban J connectivity index is 1.53. The van der Waals surface area contributed by atoms with Crippen LogP contribution in [0.2, 0.25) is 0 Å². The third-order valence-electron chi connectivity index (χ3n) is 5.84. The molecule has 3 aromatic rings. The number of hydrogen-bond acceptors (Lipinski definition) is 6. The topological polar surface area (TPSA) is 63.2 Å². The fourth-order valence-corrected chi connectivity index (χ4v) is 4.11. The van der Waals surface area contributed by atoms with Gasteiger partial charge in [0.05, 0.1) is 26.4 Å². The predicted octanol–water partition coefficient (Wildman–Crippen LogP) is 5.00. The van der Waals surface area contributed by atoms with Crippen molar-refractivity contribution in [1.29, 1.82) is 0 Å². The SMILES string of the molecule is CC(=O)OC1C(OCc2ccccc2)[C@H](OCc2ccccc2)C(COCc2ccccc2)O[C@@H]1F. The van der Waals surface area contributed by atoms with Gasteiger partial charge in [-0.05, 0) is 16.7 Å². The summed E-state index contributed by atoms with van der Waals surface area (Å²) in [5.41, 5.74) is 2.83. The van der Waals surface area contributed by atoms with Gasteiger partial charge in [-0.2, -0.15) is 0 Å². The van der Waals surface area contributed by atoms with Crippen molar-refractivity contribution in [2.45, 2.75) is 57.5 Å². The van der Waals surface area contributed by atoms with Crippen LogP contribution in [0.3, 0.4) is 0 Å². The van der Waals surface area contributed by atoms with Gasteiger partial charge in [0.1, 0.15) is 18.3 Å². The molecule has 0 aliphatic carbocycles. The Labute approximate surface area is 210 Å². The second-order valence-electron chi connectivity index (χ2n) is 8.62. The van der Waals surface area contributed by atoms with Crippen molar-refractivity contribution in [3.8, 4) is 0 Å². The Hall–Kier alpha value is -3.10. The van der Waals surface area contributed by atoms with Gasteiger partial charge in [-0.3, -0.25) is 4.79 Å². The first-order valence-electron chi connectivity index (χ1n) is 12.0. The van der Waals surface area contributed by atoms with Crippen molar-refractivity contribution in [1.82, 2.24) is 0 Å². The lowest BCUT2D eigenvalue weighted by Gasteiger charge is -2.43. The molecule has 0 spiro atoms. The van der Waals surface area contributed by atoms with Crippen LogP contribution in [-0.2, 0) is 48.3 Å². The van der Waals surface area contributed by atoms with Crippen molar-refractivity contribution in [3.63, 3.8) is 0 Å². The highest BCUT2D eigenvalue weighted by Crippen LogP contribution is 2.31. The highest BCUT2D eigenvalue weighted by Gasteiger charge is 2.50. The minimum atomic E-state index is -1.89. The molecule has 3 unspecified atom stereocenters. The van der Waals surface area contributed by atoms with Crippen LogP contribution in [0.25, 0.3) is 0 Å². The van der Waals surface area contributed by atoms with Gasteiger partial charge in [0, 0.05) is 6.92 Å². The molecule has 6 nitrogen and oxygen atoms in total. The largest absolute Gasteiger partial charge is 0.454 e. The molecule has 4 rings (SSSR count). The Morgan fingerprint density at radius 1 is 0.722 bits per heavy atom. The molecule has 0 radical (unpaired) electrons. The summed E-state index contributed by atoms with van der Waals surface area (Å²) >= 11 is 0. The minimum absolute atomic E-state index is 0.0761. The molecule has 1 saturated heterocycles. The lowest BCUT2D eigenvalue weighted by Crippen LogP contribution is -2.60. The molecule has 5 atom stereocenters. The first-order valence-corrected chi connectivity index (χ1v) is 12.0. The van der Waals surface area contributed by atoms with Crippen LogP contribution in [0.5, 0.6) is 0 Å². The Morgan fingerprint density at radius 2 is 1.19 bits per heavy atom. The number of esters is 1. The van der Waals surface area contributed by atoms with Gasteiger partial charge >= 0.3 is 5.97 Å². The maximum Gasteiger partial charge on any atom is 0.303 e. The second kappa shape index (κ2) is 13.3. The van der Waals surface area contributed by atoms with Crippen molar-refractivity contribution in [2.24, 2.45) is 0 Å². The fourth-order valence-electron chi connectivity index (χ4n) is 4.11. The van der Waals surface area contributed by atoms with E-state index < -0.39 is 36.7 Å². The van der Waals surface area contributed by atoms with Gasteiger partial charge in [-0.15, -0.1) is 0 Å². The van der Waals surface area contributed by atoms with E-state index in [0.29, 0.717) is 6.61 Å². The standard InChI is InChI=1S/C29H31FO6/c1-21(31)35-28-27(34-19-24-15-9-4-10-16-24)26(33-18-23-13-7-3-8-14-23)25(36-29(28)30)20-32-17-22-11-5-2-6-12-22/h2-16,25-29H,17-20H2,1H3/t25?,26-,27?,28?,29+/m1/s1. The van der Waals surface area contributed by atoms with E-state index in [9.17, 15) is 4.79 Å². The van der Waals surface area contributed by atoms with Crippen LogP contribution in [-0.4, -0.2) is 43.3 Å². The van der Waals surface area contributed by atoms with E-state index in [1.165, 1.54) is 6.92 Å². The summed E-state index contributed by atoms with van der Waals surface area (Å²) in [5.74, 6) is -0.625. The molecule has 1 aliphatic heterocycles. The molecule has 0 N–H and O–H groups in total. The summed E-state index contributed by atoms with van der Waals surface area (Å²) in [6, 6.07) is 28.8. The van der Waals surface area contributed by atoms with Crippen molar-refractivity contribution in [3.05, 3.63) is 108 Å². The number of carbonyl (C=O) groups excluding carboxylic acids is 1. The zero-order chi connectivity index (χ0) is 25.2. The van der Waals surface area contributed by atoms with Crippen molar-refractivity contribution < 1.29 is 32.9 Å². The van der Waals surface area contributed by atoms with E-state index in [-0.39, 0.29) is 19.8 Å². The highest BCUT2D eigenvalue weighted by molar-refractivity contribution is 5.66. The third-order valence-corrected chi connectivity index (χ3v) is 5.84. The quantitative estimate of drug-likeness (QED) is 0.350. The summed E-state index contributed by atoms with van der Waals surface area (Å²) in [7, 11) is 0. The van der Waals surface area contributed by atoms with Crippen LogP contribution >= 0.6 is 0 Å². The lowest BCUT2D eigenvalue weighted by molar-refractivity contribution is -0.291. The average Bonchev–Trinajstić information content (AvgIpc) is 2.90. The summed E-state index contributed by atoms with van der Waals surface area (Å²) < 4.78 is 44.5. The molecule has 1 heterocycles.